The molecule has 2 N–H and O–H groups in total. The Kier molecular flexibility index (Phi) is 8.95. The molecule has 226 valence electrons. The van der Waals surface area contributed by atoms with Crippen LogP contribution < -0.4 is 0 Å². The second-order valence-corrected chi connectivity index (χ2v) is 13.8. The zero-order chi connectivity index (χ0) is 30.2. The largest absolute Gasteiger partial charge is 0.507 e. The van der Waals surface area contributed by atoms with E-state index in [9.17, 15) is 19.7 Å². The normalized spacial score (nSPS) is 26.8. The molecule has 0 bridgehead atoms. The molecular formula is C34H40BBrN2O5. The van der Waals surface area contributed by atoms with Crippen LogP contribution in [0, 0.1) is 23.7 Å². The van der Waals surface area contributed by atoms with Gasteiger partial charge in [0.2, 0.25) is 11.8 Å². The third-order valence-electron chi connectivity index (χ3n) is 9.90. The Labute approximate surface area is 262 Å². The fourth-order valence-electron chi connectivity index (χ4n) is 7.92. The summed E-state index contributed by atoms with van der Waals surface area (Å²) in [5.74, 6) is -0.684. The molecule has 4 atom stereocenters. The van der Waals surface area contributed by atoms with Gasteiger partial charge in [-0.1, -0.05) is 60.7 Å². The lowest BCUT2D eigenvalue weighted by Gasteiger charge is -2.44. The van der Waals surface area contributed by atoms with Gasteiger partial charge in [0.1, 0.15) is 5.75 Å². The van der Waals surface area contributed by atoms with Gasteiger partial charge in [-0.2, -0.15) is 0 Å². The molecule has 1 aromatic heterocycles. The molecule has 4 aliphatic rings. The predicted octanol–water partition coefficient (Wildman–Crippen LogP) is 6.66. The van der Waals surface area contributed by atoms with Crippen molar-refractivity contribution in [3.05, 3.63) is 69.5 Å². The number of aromatic nitrogens is 1. The molecule has 1 aromatic carbocycles. The van der Waals surface area contributed by atoms with Gasteiger partial charge in [0.25, 0.3) is 0 Å². The molecule has 1 saturated carbocycles. The number of phenols is 1. The molecule has 7 nitrogen and oxygen atoms in total. The topological polar surface area (TPSA) is 100.0 Å². The zero-order valence-corrected chi connectivity index (χ0v) is 26.5. The molecule has 0 unspecified atom stereocenters. The van der Waals surface area contributed by atoms with Crippen LogP contribution in [0.1, 0.15) is 76.5 Å². The Morgan fingerprint density at radius 1 is 1.14 bits per heavy atom. The average Bonchev–Trinajstić information content (AvgIpc) is 3.26. The molecule has 6 rings (SSSR count). The molecule has 2 saturated heterocycles. The van der Waals surface area contributed by atoms with Gasteiger partial charge < -0.3 is 14.8 Å². The van der Waals surface area contributed by atoms with Crippen LogP contribution in [0.25, 0.3) is 11.6 Å². The lowest BCUT2D eigenvalue weighted by atomic mass is 9.57. The maximum absolute atomic E-state index is 14.0. The van der Waals surface area contributed by atoms with E-state index in [1.807, 2.05) is 30.3 Å². The quantitative estimate of drug-likeness (QED) is 0.198. The number of benzene rings is 1. The Hall–Kier alpha value is -2.75. The second-order valence-electron chi connectivity index (χ2n) is 12.9. The highest BCUT2D eigenvalue weighted by atomic mass is 79.9. The van der Waals surface area contributed by atoms with E-state index in [1.54, 1.807) is 23.2 Å². The van der Waals surface area contributed by atoms with Gasteiger partial charge in [-0.05, 0) is 97.8 Å². The molecule has 9 heteroatoms. The van der Waals surface area contributed by atoms with Gasteiger partial charge in [-0.25, -0.2) is 0 Å². The molecule has 43 heavy (non-hydrogen) atoms. The lowest BCUT2D eigenvalue weighted by molar-refractivity contribution is -0.143. The van der Waals surface area contributed by atoms with Crippen LogP contribution in [0.5, 0.6) is 5.75 Å². The highest BCUT2D eigenvalue weighted by Gasteiger charge is 2.58. The molecule has 2 aromatic rings. The van der Waals surface area contributed by atoms with Gasteiger partial charge in [0.05, 0.1) is 23.6 Å². The maximum atomic E-state index is 14.0. The molecular weight excluding hydrogens is 607 g/mol. The summed E-state index contributed by atoms with van der Waals surface area (Å²) in [6, 6.07) is 11.1. The number of nitrogens with zero attached hydrogens (tertiary/aromatic N) is 2. The van der Waals surface area contributed by atoms with Crippen LogP contribution in [-0.2, 0) is 14.2 Å². The summed E-state index contributed by atoms with van der Waals surface area (Å²) < 4.78 is 7.11. The van der Waals surface area contributed by atoms with E-state index in [4.69, 9.17) is 4.65 Å². The summed E-state index contributed by atoms with van der Waals surface area (Å²) >= 11 is 3.50. The molecule has 0 spiro atoms. The SMILES string of the molecule is CC(C)C1=C2[C@@H](CC/C(=C/c3cc(Br)ccc3O)c3ccccn3)OB(O)C[C@@H]2[C@@H]2C(=O)N(C3CCCCC3)C(=O)[C@@H]2C1. The number of carbonyl (C=O) groups is 2. The van der Waals surface area contributed by atoms with E-state index in [1.165, 1.54) is 5.57 Å². The summed E-state index contributed by atoms with van der Waals surface area (Å²) in [5, 5.41) is 21.6. The van der Waals surface area contributed by atoms with Crippen molar-refractivity contribution in [3.63, 3.8) is 0 Å². The monoisotopic (exact) mass is 646 g/mol. The first kappa shape index (κ1) is 30.3. The van der Waals surface area contributed by atoms with Crippen molar-refractivity contribution in [1.82, 2.24) is 9.88 Å². The number of imide groups is 1. The summed E-state index contributed by atoms with van der Waals surface area (Å²) in [6.07, 6.45) is 10.4. The number of phenolic OH excluding ortho intramolecular Hbond substituents is 1. The average molecular weight is 647 g/mol. The number of likely N-dealkylation sites (tertiary alicyclic amines) is 1. The Balaban J connectivity index is 1.32. The Bertz CT molecular complexity index is 1440. The van der Waals surface area contributed by atoms with Gasteiger partial charge in [-0.15, -0.1) is 0 Å². The number of carbonyl (C=O) groups excluding carboxylic acids is 2. The first-order valence-electron chi connectivity index (χ1n) is 15.8. The second kappa shape index (κ2) is 12.7. The summed E-state index contributed by atoms with van der Waals surface area (Å²) in [4.78, 5) is 34.0. The van der Waals surface area contributed by atoms with Gasteiger partial charge in [0, 0.05) is 22.3 Å². The number of hydrogen-bond donors (Lipinski definition) is 2. The molecule has 3 fully saturated rings. The highest BCUT2D eigenvalue weighted by molar-refractivity contribution is 9.10. The van der Waals surface area contributed by atoms with Gasteiger partial charge in [0.15, 0.2) is 0 Å². The third-order valence-corrected chi connectivity index (χ3v) is 10.4. The smallest absolute Gasteiger partial charge is 0.455 e. The van der Waals surface area contributed by atoms with Crippen molar-refractivity contribution in [2.45, 2.75) is 83.7 Å². The number of fused-ring (bicyclic) bond motifs is 3. The first-order valence-corrected chi connectivity index (χ1v) is 16.6. The number of amides is 2. The third kappa shape index (κ3) is 6.00. The minimum Gasteiger partial charge on any atom is -0.507 e. The molecule has 2 aliphatic heterocycles. The number of aromatic hydroxyl groups is 1. The predicted molar refractivity (Wildman–Crippen MR) is 170 cm³/mol. The minimum atomic E-state index is -1.01. The first-order chi connectivity index (χ1) is 20.7. The van der Waals surface area contributed by atoms with Crippen LogP contribution in [0.15, 0.2) is 58.2 Å². The number of hydrogen-bond acceptors (Lipinski definition) is 6. The number of allylic oxidation sites excluding steroid dienone is 2. The minimum absolute atomic E-state index is 0.00590. The van der Waals surface area contributed by atoms with Crippen molar-refractivity contribution in [1.29, 1.82) is 0 Å². The highest BCUT2D eigenvalue weighted by Crippen LogP contribution is 2.53. The zero-order valence-electron chi connectivity index (χ0n) is 24.9. The van der Waals surface area contributed by atoms with Crippen molar-refractivity contribution < 1.29 is 24.4 Å². The lowest BCUT2D eigenvalue weighted by Crippen LogP contribution is -2.47. The molecule has 0 radical (unpaired) electrons. The fraction of sp³-hybridized carbons (Fsp3) is 0.500. The van der Waals surface area contributed by atoms with Crippen LogP contribution in [0.3, 0.4) is 0 Å². The van der Waals surface area contributed by atoms with Crippen molar-refractivity contribution in [3.8, 4) is 5.75 Å². The molecule has 2 amide bonds. The van der Waals surface area contributed by atoms with E-state index in [0.717, 1.165) is 53.4 Å². The van der Waals surface area contributed by atoms with Crippen LogP contribution in [0.4, 0.5) is 0 Å². The van der Waals surface area contributed by atoms with Crippen LogP contribution >= 0.6 is 15.9 Å². The van der Waals surface area contributed by atoms with E-state index in [-0.39, 0.29) is 47.5 Å². The fourth-order valence-corrected chi connectivity index (χ4v) is 8.29. The van der Waals surface area contributed by atoms with Crippen LogP contribution in [-0.4, -0.2) is 51.1 Å². The Morgan fingerprint density at radius 2 is 1.93 bits per heavy atom. The van der Waals surface area contributed by atoms with E-state index in [0.29, 0.717) is 31.1 Å². The summed E-state index contributed by atoms with van der Waals surface area (Å²) in [7, 11) is -1.01. The maximum Gasteiger partial charge on any atom is 0.455 e. The number of rotatable bonds is 7. The summed E-state index contributed by atoms with van der Waals surface area (Å²) in [6.45, 7) is 4.30. The Morgan fingerprint density at radius 3 is 2.65 bits per heavy atom. The van der Waals surface area contributed by atoms with E-state index in [2.05, 4.69) is 34.8 Å². The van der Waals surface area contributed by atoms with Crippen molar-refractivity contribution in [2.24, 2.45) is 23.7 Å². The van der Waals surface area contributed by atoms with E-state index < -0.39 is 13.0 Å². The van der Waals surface area contributed by atoms with Gasteiger partial charge in [-0.3, -0.25) is 19.5 Å². The van der Waals surface area contributed by atoms with Crippen LogP contribution in [0.2, 0.25) is 6.32 Å². The van der Waals surface area contributed by atoms with Crippen molar-refractivity contribution in [2.75, 3.05) is 0 Å². The van der Waals surface area contributed by atoms with E-state index >= 15 is 0 Å². The number of pyridine rings is 1. The molecule has 2 aliphatic carbocycles. The standard InChI is InChI=1S/C34H40BBrN2O5/c1-20(2)25-18-26-32(34(41)38(33(26)40)24-8-4-3-5-9-24)27-19-35(42)43-30(31(25)27)14-11-21(28-10-6-7-15-37-28)16-22-17-23(36)12-13-29(22)39/h6-7,10,12-13,15-17,20,24,26-27,30,32,39,42H,3-5,8-9,11,14,18-19H2,1-2H3/b21-16-/t26-,27+,30-,32-/m1/s1. The number of halogens is 1. The van der Waals surface area contributed by atoms with Crippen molar-refractivity contribution >= 4 is 46.5 Å². The van der Waals surface area contributed by atoms with Gasteiger partial charge >= 0.3 is 7.12 Å². The summed E-state index contributed by atoms with van der Waals surface area (Å²) in [5.41, 5.74) is 4.72. The molecule has 3 heterocycles.